The average Bonchev–Trinajstić information content (AvgIpc) is 2.48. The molecule has 0 N–H and O–H groups in total. The molecule has 1 heterocycles. The van der Waals surface area contributed by atoms with Gasteiger partial charge in [0.2, 0.25) is 5.67 Å². The zero-order valence-electron chi connectivity index (χ0n) is 10.0. The molecule has 2 atom stereocenters. The Morgan fingerprint density at radius 3 is 2.09 bits per heavy atom. The molecule has 0 bridgehead atoms. The van der Waals surface area contributed by atoms with Crippen molar-refractivity contribution in [3.63, 3.8) is 0 Å². The van der Waals surface area contributed by atoms with E-state index >= 15 is 0 Å². The molecule has 3 aliphatic rings. The van der Waals surface area contributed by atoms with Crippen molar-refractivity contribution < 1.29 is 40.3 Å². The van der Waals surface area contributed by atoms with Crippen molar-refractivity contribution in [3.8, 4) is 0 Å². The summed E-state index contributed by atoms with van der Waals surface area (Å²) in [6, 6.07) is 0. The molecule has 1 aliphatic heterocycles. The fourth-order valence-electron chi connectivity index (χ4n) is 3.05. The minimum Gasteiger partial charge on any atom is -0.425 e. The fourth-order valence-corrected chi connectivity index (χ4v) is 3.05. The Labute approximate surface area is 116 Å². The second kappa shape index (κ2) is 3.36. The maximum Gasteiger partial charge on any atom is 0.333 e. The van der Waals surface area contributed by atoms with E-state index in [0.717, 1.165) is 0 Å². The van der Waals surface area contributed by atoms with E-state index in [1.165, 1.54) is 0 Å². The molecule has 9 heteroatoms. The van der Waals surface area contributed by atoms with Crippen LogP contribution in [0.4, 0.5) is 30.7 Å². The number of fused-ring (bicyclic) bond motifs is 2. The highest BCUT2D eigenvalue weighted by atomic mass is 19.2. The Morgan fingerprint density at radius 2 is 1.50 bits per heavy atom. The molecule has 114 valence electrons. The fraction of sp³-hybridized carbons (Fsp3) is 0.154. The van der Waals surface area contributed by atoms with E-state index in [0.29, 0.717) is 0 Å². The van der Waals surface area contributed by atoms with Gasteiger partial charge in [-0.15, -0.1) is 0 Å². The maximum atomic E-state index is 15.0. The number of alkyl halides is 1. The Balaban J connectivity index is 2.19. The van der Waals surface area contributed by atoms with E-state index < -0.39 is 68.9 Å². The number of benzene rings is 1. The van der Waals surface area contributed by atoms with Gasteiger partial charge < -0.3 is 4.74 Å². The Kier molecular flexibility index (Phi) is 2.04. The number of allylic oxidation sites excluding steroid dienone is 1. The summed E-state index contributed by atoms with van der Waals surface area (Å²) >= 11 is 0. The van der Waals surface area contributed by atoms with E-state index in [4.69, 9.17) is 0 Å². The van der Waals surface area contributed by atoms with Crippen molar-refractivity contribution in [1.29, 1.82) is 0 Å². The maximum absolute atomic E-state index is 15.0. The summed E-state index contributed by atoms with van der Waals surface area (Å²) in [6.07, 6.45) is 0.180. The first-order valence-electron chi connectivity index (χ1n) is 5.76. The molecular weight excluding hydrogens is 321 g/mol. The molecule has 1 aromatic rings. The summed E-state index contributed by atoms with van der Waals surface area (Å²) in [4.78, 5) is 11.4. The third-order valence-electron chi connectivity index (χ3n) is 4.11. The number of rotatable bonds is 0. The Hall–Kier alpha value is -2.32. The first-order valence-corrected chi connectivity index (χ1v) is 5.76. The predicted octanol–water partition coefficient (Wildman–Crippen LogP) is 3.47. The molecule has 2 nitrogen and oxygen atoms in total. The predicted molar refractivity (Wildman–Crippen MR) is 54.8 cm³/mol. The number of ether oxygens (including phenoxy) is 1. The van der Waals surface area contributed by atoms with Crippen LogP contribution in [0.5, 0.6) is 0 Å². The lowest BCUT2D eigenvalue weighted by Crippen LogP contribution is -2.66. The number of hydrogen-bond acceptors (Lipinski definition) is 2. The van der Waals surface area contributed by atoms with Crippen LogP contribution in [-0.2, 0) is 15.2 Å². The van der Waals surface area contributed by atoms with Crippen LogP contribution in [0.25, 0.3) is 5.83 Å². The van der Waals surface area contributed by atoms with Gasteiger partial charge in [-0.05, 0) is 6.08 Å². The van der Waals surface area contributed by atoms with Gasteiger partial charge in [-0.1, -0.05) is 0 Å². The van der Waals surface area contributed by atoms with Crippen LogP contribution >= 0.6 is 0 Å². The van der Waals surface area contributed by atoms with Crippen LogP contribution in [-0.4, -0.2) is 5.97 Å². The van der Waals surface area contributed by atoms with E-state index in [1.807, 2.05) is 0 Å². The summed E-state index contributed by atoms with van der Waals surface area (Å²) in [6.45, 7) is 0. The first-order chi connectivity index (χ1) is 10.2. The molecule has 1 spiro atoms. The highest BCUT2D eigenvalue weighted by Gasteiger charge is 2.82. The molecule has 2 unspecified atom stereocenters. The third-order valence-corrected chi connectivity index (χ3v) is 4.11. The van der Waals surface area contributed by atoms with Crippen LogP contribution < -0.4 is 0 Å². The molecule has 0 amide bonds. The van der Waals surface area contributed by atoms with E-state index in [2.05, 4.69) is 4.74 Å². The smallest absolute Gasteiger partial charge is 0.333 e. The van der Waals surface area contributed by atoms with E-state index in [-0.39, 0.29) is 6.08 Å². The second-order valence-corrected chi connectivity index (χ2v) is 5.00. The van der Waals surface area contributed by atoms with Crippen LogP contribution in [0.15, 0.2) is 17.7 Å². The molecule has 4 rings (SSSR count). The quantitative estimate of drug-likeness (QED) is 0.316. The molecule has 1 fully saturated rings. The minimum absolute atomic E-state index is 0.180. The summed E-state index contributed by atoms with van der Waals surface area (Å²) in [5.74, 6) is -15.2. The van der Waals surface area contributed by atoms with Crippen molar-refractivity contribution in [1.82, 2.24) is 0 Å². The lowest BCUT2D eigenvalue weighted by atomic mass is 9.53. The van der Waals surface area contributed by atoms with Crippen molar-refractivity contribution in [2.45, 2.75) is 5.67 Å². The zero-order valence-corrected chi connectivity index (χ0v) is 10.0. The molecule has 0 aromatic heterocycles. The number of esters is 1. The van der Waals surface area contributed by atoms with Gasteiger partial charge in [-0.25, -0.2) is 30.7 Å². The normalized spacial score (nSPS) is 31.4. The van der Waals surface area contributed by atoms with Gasteiger partial charge in [0.05, 0.1) is 11.1 Å². The van der Waals surface area contributed by atoms with Crippen molar-refractivity contribution in [2.75, 3.05) is 0 Å². The summed E-state index contributed by atoms with van der Waals surface area (Å²) < 4.78 is 101. The molecule has 0 saturated carbocycles. The first kappa shape index (κ1) is 13.4. The minimum atomic E-state index is -3.68. The molecule has 0 radical (unpaired) electrons. The number of halogens is 7. The lowest BCUT2D eigenvalue weighted by Gasteiger charge is -2.56. The van der Waals surface area contributed by atoms with Gasteiger partial charge >= 0.3 is 5.97 Å². The topological polar surface area (TPSA) is 26.3 Å². The zero-order chi connectivity index (χ0) is 16.2. The molecule has 2 aliphatic carbocycles. The Morgan fingerprint density at radius 1 is 0.909 bits per heavy atom. The summed E-state index contributed by atoms with van der Waals surface area (Å²) in [7, 11) is 0. The van der Waals surface area contributed by atoms with Gasteiger partial charge in [0.25, 0.3) is 0 Å². The van der Waals surface area contributed by atoms with Crippen molar-refractivity contribution >= 4 is 11.8 Å². The van der Waals surface area contributed by atoms with Gasteiger partial charge in [0, 0.05) is 0 Å². The van der Waals surface area contributed by atoms with Crippen LogP contribution in [0, 0.1) is 28.7 Å². The van der Waals surface area contributed by atoms with Gasteiger partial charge in [0.15, 0.2) is 40.3 Å². The second-order valence-electron chi connectivity index (χ2n) is 5.00. The van der Waals surface area contributed by atoms with Gasteiger partial charge in [-0.3, -0.25) is 4.79 Å². The molecule has 1 saturated heterocycles. The van der Waals surface area contributed by atoms with Crippen molar-refractivity contribution in [2.24, 2.45) is 5.41 Å². The molecule has 1 aromatic carbocycles. The third kappa shape index (κ3) is 0.957. The highest BCUT2D eigenvalue weighted by Crippen LogP contribution is 2.73. The highest BCUT2D eigenvalue weighted by molar-refractivity contribution is 6.00. The van der Waals surface area contributed by atoms with Crippen LogP contribution in [0.3, 0.4) is 0 Å². The number of carbonyl (C=O) groups excluding carboxylic acids is 1. The van der Waals surface area contributed by atoms with Gasteiger partial charge in [-0.2, -0.15) is 0 Å². The van der Waals surface area contributed by atoms with Crippen LogP contribution in [0.2, 0.25) is 0 Å². The van der Waals surface area contributed by atoms with E-state index in [1.54, 1.807) is 0 Å². The summed E-state index contributed by atoms with van der Waals surface area (Å²) in [5.41, 5.74) is -9.66. The lowest BCUT2D eigenvalue weighted by molar-refractivity contribution is -0.195. The summed E-state index contributed by atoms with van der Waals surface area (Å²) in [5, 5.41) is 0. The van der Waals surface area contributed by atoms with Crippen LogP contribution in [0.1, 0.15) is 11.1 Å². The number of carbonyl (C=O) groups is 1. The largest absolute Gasteiger partial charge is 0.425 e. The Bertz CT molecular complexity index is 872. The van der Waals surface area contributed by atoms with E-state index in [9.17, 15) is 35.5 Å². The van der Waals surface area contributed by atoms with Crippen molar-refractivity contribution in [3.05, 3.63) is 52.1 Å². The molecule has 22 heavy (non-hydrogen) atoms. The number of hydrogen-bond donors (Lipinski definition) is 0. The average molecular weight is 322 g/mol. The molecular formula is C13HF7O2. The SMILES string of the molecule is O=C1OC2=C(F)C3(F)c4c(F)c(F)c(F)c(F)c4C(F)=CC123. The standard InChI is InChI=1S/C13HF7O2/c14-2-1-12-10(22-11(12)21)9(19)13(12,20)4-3(2)5(15)7(17)8(18)6(4)16/h1H. The monoisotopic (exact) mass is 322 g/mol. The van der Waals surface area contributed by atoms with Gasteiger partial charge in [0.1, 0.15) is 5.83 Å².